The van der Waals surface area contributed by atoms with Crippen molar-refractivity contribution >= 4 is 49.9 Å². The Morgan fingerprint density at radius 3 is 1.45 bits per heavy atom. The van der Waals surface area contributed by atoms with Crippen LogP contribution in [-0.2, 0) is 0 Å². The summed E-state index contributed by atoms with van der Waals surface area (Å²) in [4.78, 5) is 4.70. The monoisotopic (exact) mass is 752 g/mol. The minimum absolute atomic E-state index is 0.456. The molecule has 1 aliphatic carbocycles. The quantitative estimate of drug-likeness (QED) is 0.101. The SMILES string of the molecule is C=C(C=CC(=CC)N(c1ccc(C)cc1)c1ccc(C)cc1)c1c2ccccc2c(-c2ccc(N(C3=CC(C)C(C)C=C3)c3ccc(C)cc3)cc2)c2ccccc12. The maximum Gasteiger partial charge on any atom is 0.0461 e. The van der Waals surface area contributed by atoms with E-state index in [9.17, 15) is 0 Å². The Balaban J connectivity index is 1.20. The molecule has 0 aromatic heterocycles. The topological polar surface area (TPSA) is 6.48 Å². The average Bonchev–Trinajstić information content (AvgIpc) is 3.24. The minimum Gasteiger partial charge on any atom is -0.311 e. The van der Waals surface area contributed by atoms with Gasteiger partial charge in [-0.25, -0.2) is 0 Å². The molecule has 0 aliphatic heterocycles. The van der Waals surface area contributed by atoms with E-state index in [1.54, 1.807) is 0 Å². The molecule has 0 heterocycles. The van der Waals surface area contributed by atoms with Crippen LogP contribution in [0.15, 0.2) is 200 Å². The first kappa shape index (κ1) is 38.2. The van der Waals surface area contributed by atoms with E-state index < -0.39 is 0 Å². The highest BCUT2D eigenvalue weighted by atomic mass is 15.2. The number of benzene rings is 7. The number of fused-ring (bicyclic) bond motifs is 2. The molecule has 0 radical (unpaired) electrons. The van der Waals surface area contributed by atoms with Crippen molar-refractivity contribution in [1.29, 1.82) is 0 Å². The number of aryl methyl sites for hydroxylation is 3. The van der Waals surface area contributed by atoms with Crippen molar-refractivity contribution in [2.24, 2.45) is 11.8 Å². The lowest BCUT2D eigenvalue weighted by Gasteiger charge is -2.30. The van der Waals surface area contributed by atoms with Gasteiger partial charge in [-0.3, -0.25) is 0 Å². The highest BCUT2D eigenvalue weighted by Gasteiger charge is 2.21. The molecule has 2 atom stereocenters. The zero-order valence-corrected chi connectivity index (χ0v) is 34.6. The smallest absolute Gasteiger partial charge is 0.0461 e. The van der Waals surface area contributed by atoms with E-state index in [1.807, 2.05) is 0 Å². The zero-order valence-electron chi connectivity index (χ0n) is 34.6. The predicted octanol–water partition coefficient (Wildman–Crippen LogP) is 15.8. The van der Waals surface area contributed by atoms with E-state index in [0.29, 0.717) is 11.8 Å². The van der Waals surface area contributed by atoms with Crippen molar-refractivity contribution in [1.82, 2.24) is 0 Å². The van der Waals surface area contributed by atoms with Gasteiger partial charge in [0.2, 0.25) is 0 Å². The van der Waals surface area contributed by atoms with E-state index in [1.165, 1.54) is 55.1 Å². The Labute approximate surface area is 345 Å². The van der Waals surface area contributed by atoms with Gasteiger partial charge in [-0.2, -0.15) is 0 Å². The number of hydrogen-bond acceptors (Lipinski definition) is 2. The Morgan fingerprint density at radius 1 is 0.534 bits per heavy atom. The molecule has 7 aromatic carbocycles. The van der Waals surface area contributed by atoms with Crippen LogP contribution in [0, 0.1) is 32.6 Å². The normalized spacial score (nSPS) is 15.6. The van der Waals surface area contributed by atoms with Gasteiger partial charge < -0.3 is 9.80 Å². The van der Waals surface area contributed by atoms with Crippen LogP contribution in [0.1, 0.15) is 43.0 Å². The maximum atomic E-state index is 4.73. The molecule has 7 aromatic rings. The van der Waals surface area contributed by atoms with Gasteiger partial charge in [0.15, 0.2) is 0 Å². The van der Waals surface area contributed by atoms with Crippen molar-refractivity contribution < 1.29 is 0 Å². The van der Waals surface area contributed by atoms with Crippen molar-refractivity contribution in [3.05, 3.63) is 222 Å². The first-order valence-corrected chi connectivity index (χ1v) is 20.5. The molecular formula is C56H52N2. The van der Waals surface area contributed by atoms with E-state index >= 15 is 0 Å². The maximum absolute atomic E-state index is 4.73. The Morgan fingerprint density at radius 2 is 0.983 bits per heavy atom. The summed E-state index contributed by atoms with van der Waals surface area (Å²) in [5, 5.41) is 4.80. The third-order valence-electron chi connectivity index (χ3n) is 11.6. The summed E-state index contributed by atoms with van der Waals surface area (Å²) in [6.07, 6.45) is 13.6. The zero-order chi connectivity index (χ0) is 40.3. The number of rotatable bonds is 10. The highest BCUT2D eigenvalue weighted by Crippen LogP contribution is 2.43. The van der Waals surface area contributed by atoms with Crippen molar-refractivity contribution in [2.45, 2.75) is 41.5 Å². The summed E-state index contributed by atoms with van der Waals surface area (Å²) in [6.45, 7) is 17.8. The molecule has 0 saturated carbocycles. The van der Waals surface area contributed by atoms with Gasteiger partial charge in [0, 0.05) is 34.1 Å². The van der Waals surface area contributed by atoms with Crippen LogP contribution in [0.25, 0.3) is 38.2 Å². The van der Waals surface area contributed by atoms with Crippen molar-refractivity contribution in [3.63, 3.8) is 0 Å². The number of nitrogens with zero attached hydrogens (tertiary/aromatic N) is 2. The standard InChI is InChI=1S/C56H52N2/c1-8-45(57(46-27-17-38(2)18-28-46)47-29-19-39(3)20-30-47)33-24-42(6)55-51-13-9-11-15-53(51)56(54-16-12-10-14-52(54)55)44-25-35-49(36-26-44)58(48-31-21-40(4)22-32-48)50-34-23-41(5)43(7)37-50/h8-37,41,43H,6H2,1-5,7H3. The summed E-state index contributed by atoms with van der Waals surface area (Å²) >= 11 is 0. The molecule has 2 nitrogen and oxygen atoms in total. The molecule has 58 heavy (non-hydrogen) atoms. The molecule has 0 spiro atoms. The molecular weight excluding hydrogens is 701 g/mol. The van der Waals surface area contributed by atoms with Gasteiger partial charge in [0.05, 0.1) is 0 Å². The molecule has 2 heteroatoms. The van der Waals surface area contributed by atoms with E-state index in [4.69, 9.17) is 6.58 Å². The molecule has 0 fully saturated rings. The third kappa shape index (κ3) is 7.59. The molecule has 8 rings (SSSR count). The molecule has 0 bridgehead atoms. The van der Waals surface area contributed by atoms with Crippen LogP contribution >= 0.6 is 0 Å². The minimum atomic E-state index is 0.456. The van der Waals surface area contributed by atoms with Crippen molar-refractivity contribution in [2.75, 3.05) is 9.80 Å². The van der Waals surface area contributed by atoms with Gasteiger partial charge in [-0.15, -0.1) is 0 Å². The second-order valence-corrected chi connectivity index (χ2v) is 15.8. The second kappa shape index (κ2) is 16.5. The van der Waals surface area contributed by atoms with Gasteiger partial charge in [-0.1, -0.05) is 158 Å². The lowest BCUT2D eigenvalue weighted by molar-refractivity contribution is 0.547. The van der Waals surface area contributed by atoms with Crippen LogP contribution in [0.2, 0.25) is 0 Å². The van der Waals surface area contributed by atoms with Crippen LogP contribution in [0.3, 0.4) is 0 Å². The van der Waals surface area contributed by atoms with E-state index in [-0.39, 0.29) is 0 Å². The third-order valence-corrected chi connectivity index (χ3v) is 11.6. The van der Waals surface area contributed by atoms with E-state index in [2.05, 4.69) is 233 Å². The largest absolute Gasteiger partial charge is 0.311 e. The number of hydrogen-bond donors (Lipinski definition) is 0. The molecule has 0 N–H and O–H groups in total. The summed E-state index contributed by atoms with van der Waals surface area (Å²) in [7, 11) is 0. The van der Waals surface area contributed by atoms with Gasteiger partial charge >= 0.3 is 0 Å². The Bertz CT molecular complexity index is 2620. The molecule has 0 saturated heterocycles. The number of allylic oxidation sites excluding steroid dienone is 7. The van der Waals surface area contributed by atoms with Crippen molar-refractivity contribution in [3.8, 4) is 11.1 Å². The Kier molecular flexibility index (Phi) is 10.8. The van der Waals surface area contributed by atoms with Crippen LogP contribution < -0.4 is 9.80 Å². The summed E-state index contributed by atoms with van der Waals surface area (Å²) in [5.41, 5.74) is 15.1. The fourth-order valence-corrected chi connectivity index (χ4v) is 8.16. The molecule has 286 valence electrons. The van der Waals surface area contributed by atoms with Gasteiger partial charge in [0.25, 0.3) is 0 Å². The van der Waals surface area contributed by atoms with Crippen LogP contribution in [0.4, 0.5) is 22.7 Å². The molecule has 2 unspecified atom stereocenters. The van der Waals surface area contributed by atoms with Gasteiger partial charge in [-0.05, 0) is 144 Å². The van der Waals surface area contributed by atoms with Crippen LogP contribution in [-0.4, -0.2) is 0 Å². The average molecular weight is 753 g/mol. The predicted molar refractivity (Wildman–Crippen MR) is 252 cm³/mol. The highest BCUT2D eigenvalue weighted by molar-refractivity contribution is 6.19. The summed E-state index contributed by atoms with van der Waals surface area (Å²) < 4.78 is 0. The number of anilines is 4. The first-order valence-electron chi connectivity index (χ1n) is 20.5. The van der Waals surface area contributed by atoms with Crippen LogP contribution in [0.5, 0.6) is 0 Å². The Hall–Kier alpha value is -6.64. The lowest BCUT2D eigenvalue weighted by atomic mass is 9.86. The first-order chi connectivity index (χ1) is 28.2. The van der Waals surface area contributed by atoms with Gasteiger partial charge in [0.1, 0.15) is 0 Å². The van der Waals surface area contributed by atoms with E-state index in [0.717, 1.165) is 39.6 Å². The summed E-state index contributed by atoms with van der Waals surface area (Å²) in [5.74, 6) is 0.970. The second-order valence-electron chi connectivity index (χ2n) is 15.8. The molecule has 1 aliphatic rings. The fraction of sp³-hybridized carbons (Fsp3) is 0.143. The fourth-order valence-electron chi connectivity index (χ4n) is 8.16. The summed E-state index contributed by atoms with van der Waals surface area (Å²) in [6, 6.07) is 53.1. The molecule has 0 amide bonds. The lowest BCUT2D eigenvalue weighted by Crippen LogP contribution is -2.19.